The number of phenolic OH excluding ortho intramolecular Hbond substituents is 1. The van der Waals surface area contributed by atoms with Crippen LogP contribution in [0.4, 0.5) is 0 Å². The van der Waals surface area contributed by atoms with Gasteiger partial charge < -0.3 is 9.84 Å². The van der Waals surface area contributed by atoms with Gasteiger partial charge >= 0.3 is 0 Å². The summed E-state index contributed by atoms with van der Waals surface area (Å²) in [5, 5.41) is 10.2. The molecule has 6 heteroatoms. The first-order chi connectivity index (χ1) is 12.9. The number of ether oxygens (including phenoxy) is 1. The Morgan fingerprint density at radius 3 is 2.30 bits per heavy atom. The molecule has 2 aromatic rings. The molecule has 0 saturated heterocycles. The van der Waals surface area contributed by atoms with Gasteiger partial charge in [0.1, 0.15) is 17.2 Å². The van der Waals surface area contributed by atoms with Crippen LogP contribution in [0.3, 0.4) is 0 Å². The van der Waals surface area contributed by atoms with Crippen molar-refractivity contribution in [2.24, 2.45) is 0 Å². The second-order valence-corrected chi connectivity index (χ2v) is 8.10. The van der Waals surface area contributed by atoms with Crippen LogP contribution in [0, 0.1) is 0 Å². The third-order valence-corrected chi connectivity index (χ3v) is 5.32. The number of rotatable bonds is 11. The van der Waals surface area contributed by atoms with Crippen LogP contribution < -0.4 is 4.74 Å². The van der Waals surface area contributed by atoms with Crippen molar-refractivity contribution in [3.63, 3.8) is 0 Å². The average molecular weight is 393 g/mol. The zero-order chi connectivity index (χ0) is 19.7. The number of benzene rings is 2. The molecule has 0 atom stereocenters. The maximum absolute atomic E-state index is 11.3. The van der Waals surface area contributed by atoms with E-state index in [9.17, 15) is 18.1 Å². The summed E-state index contributed by atoms with van der Waals surface area (Å²) in [6, 6.07) is 10.7. The number of hydrogen-bond acceptors (Lipinski definition) is 4. The average Bonchev–Trinajstić information content (AvgIpc) is 2.62. The Hall–Kier alpha value is -2.05. The van der Waals surface area contributed by atoms with E-state index in [2.05, 4.69) is 6.92 Å². The minimum atomic E-state index is -4.29. The molecule has 0 heterocycles. The van der Waals surface area contributed by atoms with Crippen molar-refractivity contribution in [2.75, 3.05) is 0 Å². The van der Waals surface area contributed by atoms with Crippen LogP contribution in [0.1, 0.15) is 57.4 Å². The summed E-state index contributed by atoms with van der Waals surface area (Å²) in [7, 11) is -4.29. The standard InChI is InChI=1S/C21H28O5S/c1-2-3-4-5-6-7-8-13-19-20(22)14-10-15-21(19)26-17-11-9-12-18(16-17)27(23,24)25/h9-12,14-16,22H,2-8,13H2,1H3,(H,23,24,25). The van der Waals surface area contributed by atoms with Crippen molar-refractivity contribution in [1.29, 1.82) is 0 Å². The molecule has 148 valence electrons. The SMILES string of the molecule is CCCCCCCCCc1c(O)cccc1Oc1cccc(S(=O)(=O)O)c1. The van der Waals surface area contributed by atoms with Crippen LogP contribution in [0.15, 0.2) is 47.4 Å². The molecule has 0 spiro atoms. The first-order valence-electron chi connectivity index (χ1n) is 9.48. The highest BCUT2D eigenvalue weighted by Gasteiger charge is 2.13. The van der Waals surface area contributed by atoms with Crippen molar-refractivity contribution in [3.05, 3.63) is 48.0 Å². The molecule has 0 aliphatic heterocycles. The van der Waals surface area contributed by atoms with E-state index < -0.39 is 10.1 Å². The van der Waals surface area contributed by atoms with Crippen LogP contribution in [0.25, 0.3) is 0 Å². The Morgan fingerprint density at radius 1 is 0.926 bits per heavy atom. The zero-order valence-electron chi connectivity index (χ0n) is 15.7. The van der Waals surface area contributed by atoms with E-state index in [1.807, 2.05) is 0 Å². The minimum Gasteiger partial charge on any atom is -0.508 e. The van der Waals surface area contributed by atoms with Gasteiger partial charge in [0.15, 0.2) is 0 Å². The Labute approximate surface area is 161 Å². The van der Waals surface area contributed by atoms with E-state index in [-0.39, 0.29) is 16.4 Å². The minimum absolute atomic E-state index is 0.171. The third-order valence-electron chi connectivity index (χ3n) is 4.47. The number of aromatic hydroxyl groups is 1. The Kier molecular flexibility index (Phi) is 8.13. The molecule has 0 amide bonds. The van der Waals surface area contributed by atoms with Crippen molar-refractivity contribution in [3.8, 4) is 17.2 Å². The van der Waals surface area contributed by atoms with Gasteiger partial charge in [-0.05, 0) is 37.1 Å². The van der Waals surface area contributed by atoms with E-state index in [0.717, 1.165) is 12.8 Å². The van der Waals surface area contributed by atoms with E-state index >= 15 is 0 Å². The first kappa shape index (κ1) is 21.3. The van der Waals surface area contributed by atoms with Crippen molar-refractivity contribution < 1.29 is 22.8 Å². The lowest BCUT2D eigenvalue weighted by atomic mass is 10.0. The van der Waals surface area contributed by atoms with Gasteiger partial charge in [-0.25, -0.2) is 0 Å². The highest BCUT2D eigenvalue weighted by atomic mass is 32.2. The third kappa shape index (κ3) is 6.88. The van der Waals surface area contributed by atoms with Gasteiger partial charge in [0.25, 0.3) is 10.1 Å². The van der Waals surface area contributed by atoms with E-state index in [4.69, 9.17) is 4.74 Å². The van der Waals surface area contributed by atoms with Gasteiger partial charge in [-0.1, -0.05) is 57.6 Å². The molecular weight excluding hydrogens is 364 g/mol. The van der Waals surface area contributed by atoms with Crippen molar-refractivity contribution in [1.82, 2.24) is 0 Å². The monoisotopic (exact) mass is 392 g/mol. The highest BCUT2D eigenvalue weighted by molar-refractivity contribution is 7.85. The first-order valence-corrected chi connectivity index (χ1v) is 10.9. The van der Waals surface area contributed by atoms with Gasteiger partial charge in [0.2, 0.25) is 0 Å². The second-order valence-electron chi connectivity index (χ2n) is 6.68. The summed E-state index contributed by atoms with van der Waals surface area (Å²) in [6.45, 7) is 2.20. The summed E-state index contributed by atoms with van der Waals surface area (Å²) in [4.78, 5) is -0.228. The molecule has 27 heavy (non-hydrogen) atoms. The fourth-order valence-electron chi connectivity index (χ4n) is 2.98. The fourth-order valence-corrected chi connectivity index (χ4v) is 3.50. The van der Waals surface area contributed by atoms with Crippen LogP contribution in [0.2, 0.25) is 0 Å². The summed E-state index contributed by atoms with van der Waals surface area (Å²) in [6.07, 6.45) is 8.93. The lowest BCUT2D eigenvalue weighted by molar-refractivity contribution is 0.439. The van der Waals surface area contributed by atoms with Gasteiger partial charge in [-0.15, -0.1) is 0 Å². The molecule has 0 radical (unpaired) electrons. The molecule has 2 N–H and O–H groups in total. The molecular formula is C21H28O5S. The Morgan fingerprint density at radius 2 is 1.59 bits per heavy atom. The van der Waals surface area contributed by atoms with E-state index in [0.29, 0.717) is 17.7 Å². The summed E-state index contributed by atoms with van der Waals surface area (Å²) < 4.78 is 37.6. The largest absolute Gasteiger partial charge is 0.508 e. The zero-order valence-corrected chi connectivity index (χ0v) is 16.5. The van der Waals surface area contributed by atoms with Gasteiger partial charge in [0, 0.05) is 11.6 Å². The lowest BCUT2D eigenvalue weighted by Gasteiger charge is -2.13. The number of hydrogen-bond donors (Lipinski definition) is 2. The molecule has 0 saturated carbocycles. The van der Waals surface area contributed by atoms with Crippen molar-refractivity contribution in [2.45, 2.75) is 63.2 Å². The molecule has 0 aromatic heterocycles. The van der Waals surface area contributed by atoms with Crippen LogP contribution in [-0.2, 0) is 16.5 Å². The Bertz CT molecular complexity index is 830. The normalized spacial score (nSPS) is 11.5. The van der Waals surface area contributed by atoms with Gasteiger partial charge in [-0.2, -0.15) is 8.42 Å². The van der Waals surface area contributed by atoms with Crippen LogP contribution in [0.5, 0.6) is 17.2 Å². The van der Waals surface area contributed by atoms with E-state index in [1.54, 1.807) is 24.3 Å². The second kappa shape index (κ2) is 10.3. The van der Waals surface area contributed by atoms with Gasteiger partial charge in [0.05, 0.1) is 4.90 Å². The molecule has 0 aliphatic carbocycles. The smallest absolute Gasteiger partial charge is 0.294 e. The maximum Gasteiger partial charge on any atom is 0.294 e. The molecule has 5 nitrogen and oxygen atoms in total. The lowest BCUT2D eigenvalue weighted by Crippen LogP contribution is -1.98. The molecule has 0 bridgehead atoms. The molecule has 0 aliphatic rings. The molecule has 2 rings (SSSR count). The van der Waals surface area contributed by atoms with Gasteiger partial charge in [-0.3, -0.25) is 4.55 Å². The summed E-state index contributed by atoms with van der Waals surface area (Å²) >= 11 is 0. The quantitative estimate of drug-likeness (QED) is 0.377. The number of unbranched alkanes of at least 4 members (excludes halogenated alkanes) is 6. The predicted octanol–water partition coefficient (Wildman–Crippen LogP) is 5.72. The summed E-state index contributed by atoms with van der Waals surface area (Å²) in [5.74, 6) is 0.953. The molecule has 2 aromatic carbocycles. The highest BCUT2D eigenvalue weighted by Crippen LogP contribution is 2.33. The number of phenols is 1. The van der Waals surface area contributed by atoms with Crippen LogP contribution >= 0.6 is 0 Å². The topological polar surface area (TPSA) is 83.8 Å². The van der Waals surface area contributed by atoms with Crippen molar-refractivity contribution >= 4 is 10.1 Å². The maximum atomic E-state index is 11.3. The fraction of sp³-hybridized carbons (Fsp3) is 0.429. The van der Waals surface area contributed by atoms with Crippen LogP contribution in [-0.4, -0.2) is 18.1 Å². The molecule has 0 fully saturated rings. The summed E-state index contributed by atoms with van der Waals surface area (Å²) in [5.41, 5.74) is 0.711. The predicted molar refractivity (Wildman–Crippen MR) is 106 cm³/mol. The van der Waals surface area contributed by atoms with E-state index in [1.165, 1.54) is 50.3 Å². The Balaban J connectivity index is 2.03. The molecule has 0 unspecified atom stereocenters.